The maximum Gasteiger partial charge on any atom is 0.250 e. The minimum absolute atomic E-state index is 0.520. The normalized spacial score (nSPS) is 14.7. The van der Waals surface area contributed by atoms with Gasteiger partial charge in [0.15, 0.2) is 0 Å². The van der Waals surface area contributed by atoms with Crippen molar-refractivity contribution in [2.75, 3.05) is 11.7 Å². The van der Waals surface area contributed by atoms with Crippen LogP contribution in [0.5, 0.6) is 0 Å². The van der Waals surface area contributed by atoms with E-state index in [4.69, 9.17) is 11.6 Å². The largest absolute Gasteiger partial charge is 0.281 e. The van der Waals surface area contributed by atoms with Crippen LogP contribution in [0.1, 0.15) is 0 Å². The van der Waals surface area contributed by atoms with E-state index in [1.165, 1.54) is 6.34 Å². The Balaban J connectivity index is 2.42. The molecule has 80 valence electrons. The lowest BCUT2D eigenvalue weighted by Gasteiger charge is -2.23. The third-order valence-corrected chi connectivity index (χ3v) is 2.98. The Hall–Kier alpha value is -1.27. The SMILES string of the molecule is CS(=O)(=O)N1C=Nc2ccc(Cl)cc2N1. The third kappa shape index (κ3) is 2.05. The van der Waals surface area contributed by atoms with E-state index in [1.807, 2.05) is 0 Å². The molecule has 0 amide bonds. The molecule has 0 unspecified atom stereocenters. The number of hydrogen-bond donors (Lipinski definition) is 1. The van der Waals surface area contributed by atoms with Crippen molar-refractivity contribution in [2.24, 2.45) is 4.99 Å². The predicted octanol–water partition coefficient (Wildman–Crippen LogP) is 1.60. The van der Waals surface area contributed by atoms with Crippen molar-refractivity contribution in [1.29, 1.82) is 0 Å². The zero-order chi connectivity index (χ0) is 11.1. The molecule has 0 radical (unpaired) electrons. The van der Waals surface area contributed by atoms with Gasteiger partial charge in [-0.15, -0.1) is 0 Å². The maximum atomic E-state index is 11.2. The van der Waals surface area contributed by atoms with E-state index in [1.54, 1.807) is 18.2 Å². The van der Waals surface area contributed by atoms with Crippen LogP contribution < -0.4 is 5.43 Å². The van der Waals surface area contributed by atoms with Crippen LogP contribution in [0.4, 0.5) is 11.4 Å². The molecular weight excluding hydrogens is 238 g/mol. The van der Waals surface area contributed by atoms with Crippen LogP contribution in [0.3, 0.4) is 0 Å². The van der Waals surface area contributed by atoms with Gasteiger partial charge in [-0.2, -0.15) is 4.41 Å². The summed E-state index contributed by atoms with van der Waals surface area (Å²) < 4.78 is 23.4. The van der Waals surface area contributed by atoms with E-state index in [-0.39, 0.29) is 0 Å². The fourth-order valence-electron chi connectivity index (χ4n) is 1.14. The fourth-order valence-corrected chi connectivity index (χ4v) is 1.80. The molecule has 1 aromatic carbocycles. The number of benzene rings is 1. The lowest BCUT2D eigenvalue weighted by molar-refractivity contribution is 0.559. The number of aliphatic imine (C=N–C) groups is 1. The monoisotopic (exact) mass is 245 g/mol. The molecule has 1 N–H and O–H groups in total. The van der Waals surface area contributed by atoms with Crippen molar-refractivity contribution in [3.63, 3.8) is 0 Å². The smallest absolute Gasteiger partial charge is 0.250 e. The van der Waals surface area contributed by atoms with Crippen LogP contribution in [0.15, 0.2) is 23.2 Å². The van der Waals surface area contributed by atoms with Gasteiger partial charge in [-0.05, 0) is 18.2 Å². The number of nitrogens with zero attached hydrogens (tertiary/aromatic N) is 2. The van der Waals surface area contributed by atoms with Crippen molar-refractivity contribution in [3.05, 3.63) is 23.2 Å². The summed E-state index contributed by atoms with van der Waals surface area (Å²) in [5.41, 5.74) is 3.91. The summed E-state index contributed by atoms with van der Waals surface area (Å²) in [5, 5.41) is 0.520. The molecule has 0 atom stereocenters. The van der Waals surface area contributed by atoms with Crippen LogP contribution in [0.2, 0.25) is 5.02 Å². The number of hydrazine groups is 1. The second kappa shape index (κ2) is 3.39. The summed E-state index contributed by atoms with van der Waals surface area (Å²) in [4.78, 5) is 3.98. The summed E-state index contributed by atoms with van der Waals surface area (Å²) in [6.45, 7) is 0. The van der Waals surface area contributed by atoms with Crippen molar-refractivity contribution in [3.8, 4) is 0 Å². The zero-order valence-electron chi connectivity index (χ0n) is 7.81. The van der Waals surface area contributed by atoms with E-state index in [2.05, 4.69) is 10.4 Å². The number of fused-ring (bicyclic) bond motifs is 1. The lowest BCUT2D eigenvalue weighted by Crippen LogP contribution is -2.35. The van der Waals surface area contributed by atoms with E-state index in [0.717, 1.165) is 10.7 Å². The van der Waals surface area contributed by atoms with Crippen molar-refractivity contribution >= 4 is 39.3 Å². The van der Waals surface area contributed by atoms with Gasteiger partial charge >= 0.3 is 0 Å². The van der Waals surface area contributed by atoms with Gasteiger partial charge in [-0.3, -0.25) is 5.43 Å². The minimum atomic E-state index is -3.35. The molecule has 1 aliphatic heterocycles. The standard InChI is InChI=1S/C8H8ClN3O2S/c1-15(13,14)12-5-10-7-3-2-6(9)4-8(7)11-12/h2-5,11H,1H3. The number of nitrogens with one attached hydrogen (secondary N) is 1. The Morgan fingerprint density at radius 1 is 1.47 bits per heavy atom. The van der Waals surface area contributed by atoms with Crippen LogP contribution in [-0.2, 0) is 10.0 Å². The molecular formula is C8H8ClN3O2S. The number of hydrogen-bond acceptors (Lipinski definition) is 4. The predicted molar refractivity (Wildman–Crippen MR) is 59.9 cm³/mol. The van der Waals surface area contributed by atoms with Crippen molar-refractivity contribution in [2.45, 2.75) is 0 Å². The Labute approximate surface area is 92.4 Å². The topological polar surface area (TPSA) is 61.8 Å². The second-order valence-electron chi connectivity index (χ2n) is 3.08. The molecule has 0 aromatic heterocycles. The first-order chi connectivity index (χ1) is 6.97. The molecule has 1 aromatic rings. The van der Waals surface area contributed by atoms with E-state index >= 15 is 0 Å². The quantitative estimate of drug-likeness (QED) is 0.818. The number of rotatable bonds is 1. The molecule has 0 fully saturated rings. The number of sulfonamides is 1. The first-order valence-corrected chi connectivity index (χ1v) is 6.29. The number of anilines is 1. The van der Waals surface area contributed by atoms with Crippen molar-refractivity contribution in [1.82, 2.24) is 4.41 Å². The zero-order valence-corrected chi connectivity index (χ0v) is 9.38. The molecule has 15 heavy (non-hydrogen) atoms. The van der Waals surface area contributed by atoms with Crippen LogP contribution >= 0.6 is 11.6 Å². The molecule has 0 aliphatic carbocycles. The Bertz CT molecular complexity index is 527. The maximum absolute atomic E-state index is 11.2. The lowest BCUT2D eigenvalue weighted by atomic mass is 10.3. The van der Waals surface area contributed by atoms with Gasteiger partial charge in [0.2, 0.25) is 0 Å². The van der Waals surface area contributed by atoms with Gasteiger partial charge in [0.05, 0.1) is 17.6 Å². The Morgan fingerprint density at radius 3 is 2.87 bits per heavy atom. The van der Waals surface area contributed by atoms with Crippen molar-refractivity contribution < 1.29 is 8.42 Å². The average Bonchev–Trinajstić information content (AvgIpc) is 2.15. The van der Waals surface area contributed by atoms with Gasteiger partial charge < -0.3 is 0 Å². The van der Waals surface area contributed by atoms with Crippen LogP contribution in [0, 0.1) is 0 Å². The second-order valence-corrected chi connectivity index (χ2v) is 5.37. The highest BCUT2D eigenvalue weighted by Gasteiger charge is 2.18. The highest BCUT2D eigenvalue weighted by atomic mass is 35.5. The molecule has 7 heteroatoms. The Kier molecular flexibility index (Phi) is 2.32. The first kappa shape index (κ1) is 10.3. The van der Waals surface area contributed by atoms with E-state index in [0.29, 0.717) is 16.4 Å². The molecule has 0 bridgehead atoms. The van der Waals surface area contributed by atoms with E-state index < -0.39 is 10.0 Å². The fraction of sp³-hybridized carbons (Fsp3) is 0.125. The molecule has 1 aliphatic rings. The molecule has 0 spiro atoms. The highest BCUT2D eigenvalue weighted by molar-refractivity contribution is 7.88. The van der Waals surface area contributed by atoms with Gasteiger partial charge in [0.25, 0.3) is 10.0 Å². The minimum Gasteiger partial charge on any atom is -0.281 e. The summed E-state index contributed by atoms with van der Waals surface area (Å²) >= 11 is 5.78. The van der Waals surface area contributed by atoms with Crippen LogP contribution in [0.25, 0.3) is 0 Å². The molecule has 2 rings (SSSR count). The first-order valence-electron chi connectivity index (χ1n) is 4.06. The van der Waals surface area contributed by atoms with Gasteiger partial charge in [0, 0.05) is 5.02 Å². The summed E-state index contributed by atoms with van der Waals surface area (Å²) in [6, 6.07) is 5.02. The average molecular weight is 246 g/mol. The van der Waals surface area contributed by atoms with E-state index in [9.17, 15) is 8.42 Å². The molecule has 0 saturated carbocycles. The van der Waals surface area contributed by atoms with Crippen LogP contribution in [-0.4, -0.2) is 25.4 Å². The molecule has 1 heterocycles. The van der Waals surface area contributed by atoms with Gasteiger partial charge in [-0.25, -0.2) is 13.4 Å². The summed E-state index contributed by atoms with van der Waals surface area (Å²) in [7, 11) is -3.35. The Morgan fingerprint density at radius 2 is 2.20 bits per heavy atom. The summed E-state index contributed by atoms with van der Waals surface area (Å²) in [6.07, 6.45) is 2.30. The van der Waals surface area contributed by atoms with Gasteiger partial charge in [-0.1, -0.05) is 11.6 Å². The van der Waals surface area contributed by atoms with Gasteiger partial charge in [0.1, 0.15) is 6.34 Å². The summed E-state index contributed by atoms with van der Waals surface area (Å²) in [5.74, 6) is 0. The third-order valence-electron chi connectivity index (χ3n) is 1.85. The highest BCUT2D eigenvalue weighted by Crippen LogP contribution is 2.30. The molecule has 0 saturated heterocycles. The molecule has 5 nitrogen and oxygen atoms in total. The number of halogens is 1.